The van der Waals surface area contributed by atoms with Crippen molar-refractivity contribution in [1.82, 2.24) is 9.97 Å². The van der Waals surface area contributed by atoms with Gasteiger partial charge < -0.3 is 19.8 Å². The minimum Gasteiger partial charge on any atom is -0.465 e. The highest BCUT2D eigenvalue weighted by atomic mass is 32.1. The first-order valence-corrected chi connectivity index (χ1v) is 7.76. The maximum Gasteiger partial charge on any atom is 0.348 e. The molecule has 0 bridgehead atoms. The molecule has 0 spiro atoms. The van der Waals surface area contributed by atoms with Crippen LogP contribution in [0.25, 0.3) is 10.2 Å². The summed E-state index contributed by atoms with van der Waals surface area (Å²) in [5.74, 6) is 0.233. The van der Waals surface area contributed by atoms with Gasteiger partial charge in [0.2, 0.25) is 0 Å². The molecule has 2 aromatic heterocycles. The van der Waals surface area contributed by atoms with E-state index in [0.717, 1.165) is 10.9 Å². The fraction of sp³-hybridized carbons (Fsp3) is 0.500. The molecule has 0 radical (unpaired) electrons. The second kappa shape index (κ2) is 5.79. The standard InChI is InChI=1S/C14H17N3O4S/c1-7-10-12(17-4-8(18)3-9(19)5-17)15-6-16-13(10)22-11(7)14(20)21-2/h6,8-9,18-19H,3-5H2,1-2H3/t8-,9-/m1/s1. The highest BCUT2D eigenvalue weighted by molar-refractivity contribution is 7.20. The molecule has 0 unspecified atom stereocenters. The van der Waals surface area contributed by atoms with E-state index in [2.05, 4.69) is 9.97 Å². The van der Waals surface area contributed by atoms with Crippen LogP contribution in [0.2, 0.25) is 0 Å². The lowest BCUT2D eigenvalue weighted by molar-refractivity contribution is 0.0604. The summed E-state index contributed by atoms with van der Waals surface area (Å²) < 4.78 is 4.80. The zero-order valence-corrected chi connectivity index (χ0v) is 13.1. The highest BCUT2D eigenvalue weighted by Crippen LogP contribution is 2.36. The predicted molar refractivity (Wildman–Crippen MR) is 82.3 cm³/mol. The Morgan fingerprint density at radius 3 is 2.68 bits per heavy atom. The van der Waals surface area contributed by atoms with Gasteiger partial charge in [0.15, 0.2) is 0 Å². The number of anilines is 1. The number of aliphatic hydroxyl groups is 2. The SMILES string of the molecule is COC(=O)c1sc2ncnc(N3C[C@H](O)C[C@@H](O)C3)c2c1C. The van der Waals surface area contributed by atoms with Crippen molar-refractivity contribution < 1.29 is 19.7 Å². The second-order valence-corrected chi connectivity index (χ2v) is 6.37. The van der Waals surface area contributed by atoms with Crippen molar-refractivity contribution in [1.29, 1.82) is 0 Å². The lowest BCUT2D eigenvalue weighted by atomic mass is 10.0. The van der Waals surface area contributed by atoms with Gasteiger partial charge in [-0.25, -0.2) is 14.8 Å². The molecule has 3 rings (SSSR count). The zero-order chi connectivity index (χ0) is 15.9. The van der Waals surface area contributed by atoms with Crippen molar-refractivity contribution in [2.75, 3.05) is 25.1 Å². The highest BCUT2D eigenvalue weighted by Gasteiger charge is 2.28. The maximum atomic E-state index is 11.8. The molecule has 7 nitrogen and oxygen atoms in total. The first-order chi connectivity index (χ1) is 10.5. The number of aromatic nitrogens is 2. The molecule has 22 heavy (non-hydrogen) atoms. The average Bonchev–Trinajstić information content (AvgIpc) is 2.83. The fourth-order valence-corrected chi connectivity index (χ4v) is 3.86. The predicted octanol–water partition coefficient (Wildman–Crippen LogP) is 0.718. The van der Waals surface area contributed by atoms with Crippen molar-refractivity contribution in [3.8, 4) is 0 Å². The number of piperidine rings is 1. The largest absolute Gasteiger partial charge is 0.465 e. The summed E-state index contributed by atoms with van der Waals surface area (Å²) in [4.78, 5) is 23.4. The van der Waals surface area contributed by atoms with E-state index in [4.69, 9.17) is 4.74 Å². The number of methoxy groups -OCH3 is 1. The first kappa shape index (κ1) is 15.1. The molecule has 1 saturated heterocycles. The van der Waals surface area contributed by atoms with Crippen LogP contribution >= 0.6 is 11.3 Å². The smallest absolute Gasteiger partial charge is 0.348 e. The zero-order valence-electron chi connectivity index (χ0n) is 12.3. The quantitative estimate of drug-likeness (QED) is 0.786. The number of hydrogen-bond acceptors (Lipinski definition) is 8. The van der Waals surface area contributed by atoms with Gasteiger partial charge in [0.05, 0.1) is 24.7 Å². The number of β-amino-alcohol motifs (C(OH)–C–C–N with tert-alkyl or cyclic N) is 2. The van der Waals surface area contributed by atoms with Crippen LogP contribution in [-0.2, 0) is 4.74 Å². The Kier molecular flexibility index (Phi) is 3.98. The first-order valence-electron chi connectivity index (χ1n) is 6.94. The molecule has 1 fully saturated rings. The molecule has 0 amide bonds. The number of hydrogen-bond donors (Lipinski definition) is 2. The van der Waals surface area contributed by atoms with E-state index in [1.165, 1.54) is 24.8 Å². The Bertz CT molecular complexity index is 707. The van der Waals surface area contributed by atoms with Gasteiger partial charge in [0, 0.05) is 19.5 Å². The van der Waals surface area contributed by atoms with Crippen LogP contribution in [0.5, 0.6) is 0 Å². The summed E-state index contributed by atoms with van der Waals surface area (Å²) in [7, 11) is 1.34. The lowest BCUT2D eigenvalue weighted by Gasteiger charge is -2.34. The van der Waals surface area contributed by atoms with Crippen LogP contribution in [0.3, 0.4) is 0 Å². The molecule has 118 valence electrons. The van der Waals surface area contributed by atoms with Crippen LogP contribution in [-0.4, -0.2) is 58.6 Å². The number of aliphatic hydroxyl groups excluding tert-OH is 2. The normalized spacial score (nSPS) is 22.1. The topological polar surface area (TPSA) is 95.8 Å². The molecule has 2 aromatic rings. The second-order valence-electron chi connectivity index (χ2n) is 5.37. The van der Waals surface area contributed by atoms with Crippen molar-refractivity contribution in [2.45, 2.75) is 25.6 Å². The number of carbonyl (C=O) groups is 1. The number of rotatable bonds is 2. The summed E-state index contributed by atoms with van der Waals surface area (Å²) in [6.07, 6.45) is 0.587. The Hall–Kier alpha value is -1.77. The molecule has 0 aromatic carbocycles. The van der Waals surface area contributed by atoms with Crippen molar-refractivity contribution in [3.05, 3.63) is 16.8 Å². The number of carbonyl (C=O) groups excluding carboxylic acids is 1. The van der Waals surface area contributed by atoms with E-state index in [0.29, 0.717) is 35.0 Å². The summed E-state index contributed by atoms with van der Waals surface area (Å²) in [6, 6.07) is 0. The molecular weight excluding hydrogens is 306 g/mol. The summed E-state index contributed by atoms with van der Waals surface area (Å²) >= 11 is 1.26. The molecular formula is C14H17N3O4S. The Labute approximate surface area is 131 Å². The van der Waals surface area contributed by atoms with E-state index in [1.54, 1.807) is 0 Å². The summed E-state index contributed by atoms with van der Waals surface area (Å²) in [6.45, 7) is 2.62. The number of thiophene rings is 1. The Balaban J connectivity index is 2.10. The van der Waals surface area contributed by atoms with Crippen LogP contribution in [0, 0.1) is 6.92 Å². The van der Waals surface area contributed by atoms with Gasteiger partial charge in [0.1, 0.15) is 21.9 Å². The third kappa shape index (κ3) is 2.53. The number of esters is 1. The number of nitrogens with zero attached hydrogens (tertiary/aromatic N) is 3. The van der Waals surface area contributed by atoms with Gasteiger partial charge in [-0.05, 0) is 12.5 Å². The monoisotopic (exact) mass is 323 g/mol. The number of fused-ring (bicyclic) bond motifs is 1. The molecule has 3 heterocycles. The fourth-order valence-electron chi connectivity index (χ4n) is 2.80. The Morgan fingerprint density at radius 1 is 1.36 bits per heavy atom. The van der Waals surface area contributed by atoms with Crippen LogP contribution in [0.15, 0.2) is 6.33 Å². The van der Waals surface area contributed by atoms with E-state index < -0.39 is 18.2 Å². The summed E-state index contributed by atoms with van der Waals surface area (Å²) in [5, 5.41) is 20.5. The minimum absolute atomic E-state index is 0.362. The maximum absolute atomic E-state index is 11.8. The van der Waals surface area contributed by atoms with Gasteiger partial charge in [-0.1, -0.05) is 0 Å². The van der Waals surface area contributed by atoms with Crippen LogP contribution < -0.4 is 4.90 Å². The molecule has 1 aliphatic rings. The number of aryl methyl sites for hydroxylation is 1. The lowest BCUT2D eigenvalue weighted by Crippen LogP contribution is -2.46. The summed E-state index contributed by atoms with van der Waals surface area (Å²) in [5.41, 5.74) is 0.761. The van der Waals surface area contributed by atoms with E-state index in [1.807, 2.05) is 11.8 Å². The van der Waals surface area contributed by atoms with Gasteiger partial charge in [-0.15, -0.1) is 11.3 Å². The molecule has 2 N–H and O–H groups in total. The number of ether oxygens (including phenoxy) is 1. The molecule has 0 aliphatic carbocycles. The average molecular weight is 323 g/mol. The third-order valence-electron chi connectivity index (χ3n) is 3.78. The van der Waals surface area contributed by atoms with Crippen LogP contribution in [0.1, 0.15) is 21.7 Å². The van der Waals surface area contributed by atoms with Crippen molar-refractivity contribution >= 4 is 33.3 Å². The van der Waals surface area contributed by atoms with Gasteiger partial charge >= 0.3 is 5.97 Å². The molecule has 1 aliphatic heterocycles. The molecule has 8 heteroatoms. The van der Waals surface area contributed by atoms with E-state index in [-0.39, 0.29) is 0 Å². The Morgan fingerprint density at radius 2 is 2.05 bits per heavy atom. The van der Waals surface area contributed by atoms with E-state index >= 15 is 0 Å². The third-order valence-corrected chi connectivity index (χ3v) is 4.96. The van der Waals surface area contributed by atoms with Gasteiger partial charge in [-0.2, -0.15) is 0 Å². The van der Waals surface area contributed by atoms with Gasteiger partial charge in [0.25, 0.3) is 0 Å². The van der Waals surface area contributed by atoms with Crippen molar-refractivity contribution in [2.24, 2.45) is 0 Å². The van der Waals surface area contributed by atoms with Crippen LogP contribution in [0.4, 0.5) is 5.82 Å². The minimum atomic E-state index is -0.604. The molecule has 0 saturated carbocycles. The van der Waals surface area contributed by atoms with Crippen molar-refractivity contribution in [3.63, 3.8) is 0 Å². The van der Waals surface area contributed by atoms with E-state index in [9.17, 15) is 15.0 Å². The molecule has 2 atom stereocenters. The van der Waals surface area contributed by atoms with Gasteiger partial charge in [-0.3, -0.25) is 0 Å².